The van der Waals surface area contributed by atoms with E-state index in [-0.39, 0.29) is 24.8 Å². The summed E-state index contributed by atoms with van der Waals surface area (Å²) in [5.74, 6) is 0.946. The van der Waals surface area contributed by atoms with Gasteiger partial charge in [-0.2, -0.15) is 4.99 Å². The molecule has 9 heteroatoms. The van der Waals surface area contributed by atoms with Gasteiger partial charge < -0.3 is 14.0 Å². The number of nitrogens with zero attached hydrogens (tertiary/aromatic N) is 3. The number of thiazole rings is 1. The van der Waals surface area contributed by atoms with E-state index in [1.54, 1.807) is 30.3 Å². The highest BCUT2D eigenvalue weighted by atomic mass is 32.1. The molecule has 1 aliphatic heterocycles. The molecule has 0 bridgehead atoms. The number of carbonyl (C=O) groups excluding carboxylic acids is 1. The third-order valence-electron chi connectivity index (χ3n) is 4.20. The molecule has 0 unspecified atom stereocenters. The Morgan fingerprint density at radius 2 is 2.11 bits per heavy atom. The molecule has 142 valence electrons. The Labute approximate surface area is 163 Å². The first-order valence-corrected chi connectivity index (χ1v) is 9.21. The maximum Gasteiger partial charge on any atom is 0.270 e. The van der Waals surface area contributed by atoms with E-state index < -0.39 is 4.92 Å². The number of allylic oxidation sites excluding steroid dienone is 1. The lowest BCUT2D eigenvalue weighted by molar-refractivity contribution is -0.384. The highest BCUT2D eigenvalue weighted by molar-refractivity contribution is 7.16. The molecule has 0 fully saturated rings. The Balaban J connectivity index is 1.69. The molecule has 0 saturated heterocycles. The van der Waals surface area contributed by atoms with Crippen LogP contribution < -0.4 is 14.3 Å². The third kappa shape index (κ3) is 3.39. The Bertz CT molecular complexity index is 1180. The minimum Gasteiger partial charge on any atom is -0.454 e. The number of aromatic nitrogens is 1. The molecule has 1 amide bonds. The van der Waals surface area contributed by atoms with Crippen LogP contribution in [0.3, 0.4) is 0 Å². The number of benzene rings is 2. The van der Waals surface area contributed by atoms with Crippen molar-refractivity contribution < 1.29 is 19.2 Å². The molecule has 1 aliphatic rings. The number of hydrogen-bond donors (Lipinski definition) is 0. The molecule has 28 heavy (non-hydrogen) atoms. The Morgan fingerprint density at radius 3 is 2.89 bits per heavy atom. The van der Waals surface area contributed by atoms with Crippen LogP contribution >= 0.6 is 11.3 Å². The van der Waals surface area contributed by atoms with Crippen LogP contribution in [0.15, 0.2) is 54.0 Å². The molecule has 0 atom stereocenters. The number of non-ortho nitro benzene ring substituents is 1. The smallest absolute Gasteiger partial charge is 0.270 e. The standard InChI is InChI=1S/C19H15N3O5S/c1-2-7-21-14-5-4-13(22(24)25)10-17(14)28-19(21)20-18(23)9-12-3-6-15-16(8-12)27-11-26-15/h2-6,8,10H,1,7,9,11H2. The fourth-order valence-corrected chi connectivity index (χ4v) is 4.03. The summed E-state index contributed by atoms with van der Waals surface area (Å²) in [5, 5.41) is 11.0. The van der Waals surface area contributed by atoms with Crippen LogP contribution in [-0.2, 0) is 17.8 Å². The van der Waals surface area contributed by atoms with Crippen molar-refractivity contribution in [3.8, 4) is 11.5 Å². The molecule has 2 aromatic carbocycles. The second-order valence-electron chi connectivity index (χ2n) is 6.06. The van der Waals surface area contributed by atoms with Gasteiger partial charge in [-0.25, -0.2) is 0 Å². The second kappa shape index (κ2) is 7.28. The first-order valence-electron chi connectivity index (χ1n) is 8.40. The molecule has 3 aromatic rings. The van der Waals surface area contributed by atoms with Gasteiger partial charge in [-0.3, -0.25) is 14.9 Å². The number of fused-ring (bicyclic) bond motifs is 2. The van der Waals surface area contributed by atoms with Gasteiger partial charge in [0.05, 0.1) is 21.6 Å². The number of ether oxygens (including phenoxy) is 2. The predicted octanol–water partition coefficient (Wildman–Crippen LogP) is 3.20. The Hall–Kier alpha value is -3.46. The van der Waals surface area contributed by atoms with E-state index in [0.717, 1.165) is 11.1 Å². The van der Waals surface area contributed by atoms with E-state index >= 15 is 0 Å². The van der Waals surface area contributed by atoms with Crippen molar-refractivity contribution in [1.82, 2.24) is 4.57 Å². The Kier molecular flexibility index (Phi) is 4.66. The first kappa shape index (κ1) is 17.9. The van der Waals surface area contributed by atoms with Gasteiger partial charge >= 0.3 is 0 Å². The third-order valence-corrected chi connectivity index (χ3v) is 5.24. The SMILES string of the molecule is C=CCn1c(=NC(=O)Cc2ccc3c(c2)OCO3)sc2cc([N+](=O)[O-])ccc21. The lowest BCUT2D eigenvalue weighted by Crippen LogP contribution is -2.16. The van der Waals surface area contributed by atoms with E-state index in [0.29, 0.717) is 27.5 Å². The van der Waals surface area contributed by atoms with Crippen LogP contribution in [0.1, 0.15) is 5.56 Å². The summed E-state index contributed by atoms with van der Waals surface area (Å²) in [4.78, 5) is 27.8. The van der Waals surface area contributed by atoms with Gasteiger partial charge in [0.25, 0.3) is 11.6 Å². The number of carbonyl (C=O) groups is 1. The molecule has 0 radical (unpaired) electrons. The maximum atomic E-state index is 12.5. The molecule has 4 rings (SSSR count). The van der Waals surface area contributed by atoms with E-state index in [4.69, 9.17) is 9.47 Å². The van der Waals surface area contributed by atoms with Crippen molar-refractivity contribution in [3.63, 3.8) is 0 Å². The molecule has 1 aromatic heterocycles. The lowest BCUT2D eigenvalue weighted by atomic mass is 10.1. The summed E-state index contributed by atoms with van der Waals surface area (Å²) >= 11 is 1.23. The minimum absolute atomic E-state index is 0.00209. The van der Waals surface area contributed by atoms with Crippen molar-refractivity contribution >= 4 is 33.1 Å². The summed E-state index contributed by atoms with van der Waals surface area (Å²) in [6.45, 7) is 4.34. The summed E-state index contributed by atoms with van der Waals surface area (Å²) in [6, 6.07) is 9.92. The van der Waals surface area contributed by atoms with Crippen LogP contribution in [-0.4, -0.2) is 22.2 Å². The number of amides is 1. The monoisotopic (exact) mass is 397 g/mol. The van der Waals surface area contributed by atoms with Gasteiger partial charge in [0, 0.05) is 18.7 Å². The number of hydrogen-bond acceptors (Lipinski definition) is 6. The van der Waals surface area contributed by atoms with Crippen LogP contribution in [0, 0.1) is 10.1 Å². The van der Waals surface area contributed by atoms with E-state index in [2.05, 4.69) is 11.6 Å². The molecule has 2 heterocycles. The zero-order valence-corrected chi connectivity index (χ0v) is 15.5. The molecule has 0 saturated carbocycles. The van der Waals surface area contributed by atoms with Gasteiger partial charge in [0.1, 0.15) is 0 Å². The van der Waals surface area contributed by atoms with Gasteiger partial charge in [-0.1, -0.05) is 23.5 Å². The number of rotatable bonds is 5. The fraction of sp³-hybridized carbons (Fsp3) is 0.158. The highest BCUT2D eigenvalue weighted by Crippen LogP contribution is 2.32. The van der Waals surface area contributed by atoms with Crippen molar-refractivity contribution in [1.29, 1.82) is 0 Å². The summed E-state index contributed by atoms with van der Waals surface area (Å²) in [5.41, 5.74) is 1.54. The van der Waals surface area contributed by atoms with E-state index in [1.807, 2.05) is 4.57 Å². The Morgan fingerprint density at radius 1 is 1.29 bits per heavy atom. The summed E-state index contributed by atoms with van der Waals surface area (Å²) < 4.78 is 13.1. The van der Waals surface area contributed by atoms with Crippen molar-refractivity contribution in [2.75, 3.05) is 6.79 Å². The molecular weight excluding hydrogens is 382 g/mol. The predicted molar refractivity (Wildman–Crippen MR) is 104 cm³/mol. The summed E-state index contributed by atoms with van der Waals surface area (Å²) in [6.07, 6.45) is 1.80. The van der Waals surface area contributed by atoms with Crippen LogP contribution in [0.4, 0.5) is 5.69 Å². The van der Waals surface area contributed by atoms with Crippen molar-refractivity contribution in [2.24, 2.45) is 4.99 Å². The van der Waals surface area contributed by atoms with Crippen LogP contribution in [0.5, 0.6) is 11.5 Å². The van der Waals surface area contributed by atoms with E-state index in [1.165, 1.54) is 23.5 Å². The zero-order valence-electron chi connectivity index (χ0n) is 14.7. The quantitative estimate of drug-likeness (QED) is 0.374. The average molecular weight is 397 g/mol. The number of nitro groups is 1. The highest BCUT2D eigenvalue weighted by Gasteiger charge is 2.15. The van der Waals surface area contributed by atoms with E-state index in [9.17, 15) is 14.9 Å². The topological polar surface area (TPSA) is 96.0 Å². The zero-order chi connectivity index (χ0) is 19.7. The number of nitro benzene ring substituents is 1. The van der Waals surface area contributed by atoms with Gasteiger partial charge in [0.2, 0.25) is 6.79 Å². The van der Waals surface area contributed by atoms with Gasteiger partial charge in [-0.05, 0) is 23.8 Å². The summed E-state index contributed by atoms with van der Waals surface area (Å²) in [7, 11) is 0. The van der Waals surface area contributed by atoms with Crippen LogP contribution in [0.2, 0.25) is 0 Å². The average Bonchev–Trinajstić information content (AvgIpc) is 3.26. The van der Waals surface area contributed by atoms with Gasteiger partial charge in [0.15, 0.2) is 16.3 Å². The molecule has 0 aliphatic carbocycles. The van der Waals surface area contributed by atoms with Gasteiger partial charge in [-0.15, -0.1) is 6.58 Å². The molecular formula is C19H15N3O5S. The lowest BCUT2D eigenvalue weighted by Gasteiger charge is -2.02. The van der Waals surface area contributed by atoms with Crippen molar-refractivity contribution in [3.05, 3.63) is 69.5 Å². The first-order chi connectivity index (χ1) is 13.5. The second-order valence-corrected chi connectivity index (χ2v) is 7.07. The minimum atomic E-state index is -0.446. The molecule has 0 N–H and O–H groups in total. The maximum absolute atomic E-state index is 12.5. The van der Waals surface area contributed by atoms with Crippen molar-refractivity contribution in [2.45, 2.75) is 13.0 Å². The largest absolute Gasteiger partial charge is 0.454 e. The molecule has 0 spiro atoms. The fourth-order valence-electron chi connectivity index (χ4n) is 2.94. The normalized spacial score (nSPS) is 13.1. The molecule has 8 nitrogen and oxygen atoms in total. The van der Waals surface area contributed by atoms with Crippen LogP contribution in [0.25, 0.3) is 10.2 Å².